The van der Waals surface area contributed by atoms with Crippen LogP contribution in [0.3, 0.4) is 0 Å². The maximum atomic E-state index is 12.0. The number of benzene rings is 1. The fourth-order valence-corrected chi connectivity index (χ4v) is 2.61. The largest absolute Gasteiger partial charge is 0.385 e. The van der Waals surface area contributed by atoms with E-state index in [1.54, 1.807) is 25.8 Å². The van der Waals surface area contributed by atoms with Crippen molar-refractivity contribution >= 4 is 11.8 Å². The minimum Gasteiger partial charge on any atom is -0.385 e. The van der Waals surface area contributed by atoms with E-state index in [0.717, 1.165) is 23.4 Å². The quantitative estimate of drug-likeness (QED) is 0.505. The third-order valence-electron chi connectivity index (χ3n) is 2.91. The summed E-state index contributed by atoms with van der Waals surface area (Å²) in [5, 5.41) is 0.663. The fourth-order valence-electron chi connectivity index (χ4n) is 1.83. The molecule has 0 aliphatic carbocycles. The summed E-state index contributed by atoms with van der Waals surface area (Å²) in [4.78, 5) is 19.4. The Morgan fingerprint density at radius 2 is 2.05 bits per heavy atom. The molecule has 0 atom stereocenters. The molecule has 0 radical (unpaired) electrons. The Morgan fingerprint density at radius 3 is 2.75 bits per heavy atom. The smallest absolute Gasteiger partial charge is 0.255 e. The molecule has 1 aromatic carbocycles. The normalized spacial score (nSPS) is 10.7. The molecule has 0 aliphatic heterocycles. The van der Waals surface area contributed by atoms with Gasteiger partial charge >= 0.3 is 0 Å². The zero-order valence-electron chi connectivity index (χ0n) is 11.7. The van der Waals surface area contributed by atoms with Crippen LogP contribution in [0.25, 0.3) is 11.3 Å². The summed E-state index contributed by atoms with van der Waals surface area (Å²) in [6.45, 7) is 2.52. The fraction of sp³-hybridized carbons (Fsp3) is 0.333. The second-order valence-corrected chi connectivity index (χ2v) is 5.49. The van der Waals surface area contributed by atoms with Gasteiger partial charge in [-0.1, -0.05) is 42.1 Å². The molecule has 2 aromatic rings. The average molecular weight is 290 g/mol. The van der Waals surface area contributed by atoms with Gasteiger partial charge in [0.2, 0.25) is 0 Å². The molecule has 1 heterocycles. The van der Waals surface area contributed by atoms with E-state index in [1.165, 1.54) is 0 Å². The molecule has 0 unspecified atom stereocenters. The van der Waals surface area contributed by atoms with Crippen molar-refractivity contribution in [2.45, 2.75) is 18.5 Å². The van der Waals surface area contributed by atoms with Crippen LogP contribution in [-0.4, -0.2) is 29.4 Å². The first kappa shape index (κ1) is 14.8. The van der Waals surface area contributed by atoms with Crippen LogP contribution in [0.4, 0.5) is 0 Å². The van der Waals surface area contributed by atoms with E-state index < -0.39 is 0 Å². The lowest BCUT2D eigenvalue weighted by atomic mass is 10.1. The first-order valence-electron chi connectivity index (χ1n) is 6.50. The van der Waals surface area contributed by atoms with Crippen molar-refractivity contribution in [2.75, 3.05) is 19.5 Å². The highest BCUT2D eigenvalue weighted by atomic mass is 32.2. The zero-order chi connectivity index (χ0) is 14.4. The summed E-state index contributed by atoms with van der Waals surface area (Å²) in [5.74, 6) is 0.869. The van der Waals surface area contributed by atoms with Crippen LogP contribution in [0.1, 0.15) is 12.0 Å². The number of thioether (sulfide) groups is 1. The molecule has 2 rings (SSSR count). The Bertz CT molecular complexity index is 611. The minimum absolute atomic E-state index is 0.0758. The van der Waals surface area contributed by atoms with Gasteiger partial charge in [0.05, 0.1) is 5.69 Å². The van der Waals surface area contributed by atoms with Crippen molar-refractivity contribution in [1.29, 1.82) is 0 Å². The Hall–Kier alpha value is -1.59. The van der Waals surface area contributed by atoms with Crippen LogP contribution < -0.4 is 5.56 Å². The third kappa shape index (κ3) is 3.71. The second-order valence-electron chi connectivity index (χ2n) is 4.41. The molecular formula is C15H18N2O2S. The van der Waals surface area contributed by atoms with Gasteiger partial charge in [-0.15, -0.1) is 0 Å². The van der Waals surface area contributed by atoms with Gasteiger partial charge in [0.1, 0.15) is 0 Å². The third-order valence-corrected chi connectivity index (χ3v) is 3.87. The van der Waals surface area contributed by atoms with Crippen molar-refractivity contribution in [3.63, 3.8) is 0 Å². The first-order chi connectivity index (χ1) is 9.72. The number of ether oxygens (including phenoxy) is 1. The topological polar surface area (TPSA) is 55.0 Å². The predicted molar refractivity (Wildman–Crippen MR) is 82.2 cm³/mol. The van der Waals surface area contributed by atoms with E-state index in [9.17, 15) is 4.79 Å². The maximum Gasteiger partial charge on any atom is 0.255 e. The summed E-state index contributed by atoms with van der Waals surface area (Å²) < 4.78 is 5.01. The van der Waals surface area contributed by atoms with Crippen LogP contribution in [0, 0.1) is 6.92 Å². The lowest BCUT2D eigenvalue weighted by Gasteiger charge is -2.07. The molecule has 0 aliphatic rings. The molecule has 20 heavy (non-hydrogen) atoms. The molecule has 4 nitrogen and oxygen atoms in total. The van der Waals surface area contributed by atoms with Gasteiger partial charge in [-0.05, 0) is 13.3 Å². The van der Waals surface area contributed by atoms with Crippen molar-refractivity contribution in [3.8, 4) is 11.3 Å². The van der Waals surface area contributed by atoms with Gasteiger partial charge in [-0.25, -0.2) is 4.98 Å². The number of nitrogens with zero attached hydrogens (tertiary/aromatic N) is 1. The number of hydrogen-bond acceptors (Lipinski definition) is 4. The van der Waals surface area contributed by atoms with E-state index in [1.807, 2.05) is 30.3 Å². The molecule has 0 amide bonds. The molecule has 0 bridgehead atoms. The number of methoxy groups -OCH3 is 1. The standard InChI is InChI=1S/C15H18N2O2S/c1-11-13(12-7-4-3-5-8-12)16-15(17-14(11)18)20-10-6-9-19-2/h3-5,7-8H,6,9-10H2,1-2H3,(H,16,17,18). The predicted octanol–water partition coefficient (Wildman–Crippen LogP) is 2.87. The van der Waals surface area contributed by atoms with Gasteiger partial charge < -0.3 is 9.72 Å². The molecule has 106 valence electrons. The van der Waals surface area contributed by atoms with E-state index in [4.69, 9.17) is 4.74 Å². The van der Waals surface area contributed by atoms with Gasteiger partial charge in [0.25, 0.3) is 5.56 Å². The van der Waals surface area contributed by atoms with Crippen LogP contribution in [-0.2, 0) is 4.74 Å². The van der Waals surface area contributed by atoms with Crippen LogP contribution in [0.5, 0.6) is 0 Å². The molecule has 0 saturated heterocycles. The number of aromatic amines is 1. The Morgan fingerprint density at radius 1 is 1.30 bits per heavy atom. The van der Waals surface area contributed by atoms with Gasteiger partial charge in [-0.3, -0.25) is 4.79 Å². The minimum atomic E-state index is -0.0758. The first-order valence-corrected chi connectivity index (χ1v) is 7.49. The Kier molecular flexibility index (Phi) is 5.38. The SMILES string of the molecule is COCCCSc1nc(-c2ccccc2)c(C)c(=O)[nH]1. The van der Waals surface area contributed by atoms with Crippen LogP contribution in [0.2, 0.25) is 0 Å². The maximum absolute atomic E-state index is 12.0. The van der Waals surface area contributed by atoms with Crippen LogP contribution >= 0.6 is 11.8 Å². The van der Waals surface area contributed by atoms with Gasteiger partial charge in [0.15, 0.2) is 5.16 Å². The monoisotopic (exact) mass is 290 g/mol. The Balaban J connectivity index is 2.24. The van der Waals surface area contributed by atoms with E-state index >= 15 is 0 Å². The molecule has 0 saturated carbocycles. The molecule has 1 aromatic heterocycles. The summed E-state index contributed by atoms with van der Waals surface area (Å²) >= 11 is 1.55. The number of rotatable bonds is 6. The highest BCUT2D eigenvalue weighted by Crippen LogP contribution is 2.21. The zero-order valence-corrected chi connectivity index (χ0v) is 12.5. The number of hydrogen-bond donors (Lipinski definition) is 1. The molecule has 5 heteroatoms. The number of aromatic nitrogens is 2. The summed E-state index contributed by atoms with van der Waals surface area (Å²) in [6.07, 6.45) is 0.930. The van der Waals surface area contributed by atoms with E-state index in [0.29, 0.717) is 17.3 Å². The lowest BCUT2D eigenvalue weighted by molar-refractivity contribution is 0.200. The van der Waals surface area contributed by atoms with Crippen molar-refractivity contribution in [3.05, 3.63) is 46.2 Å². The summed E-state index contributed by atoms with van der Waals surface area (Å²) in [5.41, 5.74) is 2.30. The van der Waals surface area contributed by atoms with Crippen molar-refractivity contribution < 1.29 is 4.74 Å². The van der Waals surface area contributed by atoms with E-state index in [2.05, 4.69) is 9.97 Å². The number of H-pyrrole nitrogens is 1. The highest BCUT2D eigenvalue weighted by Gasteiger charge is 2.09. The van der Waals surface area contributed by atoms with E-state index in [-0.39, 0.29) is 5.56 Å². The second kappa shape index (κ2) is 7.26. The van der Waals surface area contributed by atoms with Crippen molar-refractivity contribution in [2.24, 2.45) is 0 Å². The molecular weight excluding hydrogens is 272 g/mol. The highest BCUT2D eigenvalue weighted by molar-refractivity contribution is 7.99. The summed E-state index contributed by atoms with van der Waals surface area (Å²) in [7, 11) is 1.68. The summed E-state index contributed by atoms with van der Waals surface area (Å²) in [6, 6.07) is 9.78. The van der Waals surface area contributed by atoms with Crippen molar-refractivity contribution in [1.82, 2.24) is 9.97 Å². The molecule has 0 fully saturated rings. The average Bonchev–Trinajstić information content (AvgIpc) is 2.48. The van der Waals surface area contributed by atoms with Gasteiger partial charge in [0, 0.05) is 30.6 Å². The Labute approximate surface area is 122 Å². The molecule has 1 N–H and O–H groups in total. The van der Waals surface area contributed by atoms with Crippen LogP contribution in [0.15, 0.2) is 40.3 Å². The van der Waals surface area contributed by atoms with Gasteiger partial charge in [-0.2, -0.15) is 0 Å². The number of nitrogens with one attached hydrogen (secondary N) is 1. The molecule has 0 spiro atoms. The lowest BCUT2D eigenvalue weighted by Crippen LogP contribution is -2.14.